The van der Waals surface area contributed by atoms with Crippen LogP contribution in [-0.4, -0.2) is 50.6 Å². The van der Waals surface area contributed by atoms with Crippen LogP contribution in [0.5, 0.6) is 0 Å². The Kier molecular flexibility index (Phi) is 5.42. The predicted molar refractivity (Wildman–Crippen MR) is 120 cm³/mol. The van der Waals surface area contributed by atoms with Gasteiger partial charge in [0.15, 0.2) is 0 Å². The zero-order valence-corrected chi connectivity index (χ0v) is 17.8. The van der Waals surface area contributed by atoms with Crippen molar-refractivity contribution in [2.75, 3.05) is 24.5 Å². The quantitative estimate of drug-likeness (QED) is 0.625. The van der Waals surface area contributed by atoms with E-state index in [2.05, 4.69) is 33.7 Å². The van der Waals surface area contributed by atoms with Gasteiger partial charge in [-0.3, -0.25) is 9.69 Å². The van der Waals surface area contributed by atoms with Crippen LogP contribution in [0, 0.1) is 0 Å². The molecule has 3 heterocycles. The van der Waals surface area contributed by atoms with Gasteiger partial charge in [-0.15, -0.1) is 0 Å². The molecule has 1 atom stereocenters. The number of fused-ring (bicyclic) bond motifs is 1. The fourth-order valence-electron chi connectivity index (χ4n) is 4.26. The molecule has 1 amide bonds. The van der Waals surface area contributed by atoms with Crippen LogP contribution in [0.3, 0.4) is 0 Å². The van der Waals surface area contributed by atoms with Gasteiger partial charge in [0, 0.05) is 18.1 Å². The first-order valence-electron chi connectivity index (χ1n) is 10.6. The largest absolute Gasteiger partial charge is 0.341 e. The fraction of sp³-hybridized carbons (Fsp3) is 0.304. The van der Waals surface area contributed by atoms with Gasteiger partial charge in [-0.2, -0.15) is 4.68 Å². The maximum atomic E-state index is 13.1. The average molecular weight is 435 g/mol. The second kappa shape index (κ2) is 8.51. The standard InChI is InChI=1S/C23H23ClN6O/c24-19-11-9-18(10-12-19)20-15-21(17-7-3-1-4-8-17)30-23(25-26-27-30)29(20)16-22(31)28-13-5-2-6-14-28/h1,3-4,7-12,15,21H,2,5-6,13-14,16H2/t21-/m1/s1. The number of tetrazole rings is 1. The summed E-state index contributed by atoms with van der Waals surface area (Å²) in [6.07, 6.45) is 5.41. The molecule has 0 spiro atoms. The molecule has 2 aliphatic rings. The van der Waals surface area contributed by atoms with Crippen molar-refractivity contribution in [3.8, 4) is 0 Å². The van der Waals surface area contributed by atoms with E-state index in [1.807, 2.05) is 52.3 Å². The van der Waals surface area contributed by atoms with Crippen molar-refractivity contribution < 1.29 is 4.79 Å². The highest BCUT2D eigenvalue weighted by Gasteiger charge is 2.33. The molecule has 0 N–H and O–H groups in total. The molecule has 31 heavy (non-hydrogen) atoms. The molecule has 0 saturated carbocycles. The molecule has 0 unspecified atom stereocenters. The summed E-state index contributed by atoms with van der Waals surface area (Å²) in [4.78, 5) is 17.0. The number of anilines is 1. The zero-order chi connectivity index (χ0) is 21.2. The van der Waals surface area contributed by atoms with Crippen molar-refractivity contribution in [1.82, 2.24) is 25.1 Å². The molecular formula is C23H23ClN6O. The number of rotatable bonds is 4. The van der Waals surface area contributed by atoms with Crippen molar-refractivity contribution in [3.05, 3.63) is 76.8 Å². The summed E-state index contributed by atoms with van der Waals surface area (Å²) in [5.74, 6) is 0.652. The Bertz CT molecular complexity index is 1090. The molecule has 2 aromatic carbocycles. The highest BCUT2D eigenvalue weighted by atomic mass is 35.5. The summed E-state index contributed by atoms with van der Waals surface area (Å²) in [5.41, 5.74) is 2.94. The lowest BCUT2D eigenvalue weighted by Gasteiger charge is -2.35. The van der Waals surface area contributed by atoms with Crippen LogP contribution in [0.2, 0.25) is 5.02 Å². The van der Waals surface area contributed by atoms with Gasteiger partial charge in [0.25, 0.3) is 5.95 Å². The molecular weight excluding hydrogens is 412 g/mol. The number of amides is 1. The van der Waals surface area contributed by atoms with Crippen molar-refractivity contribution in [3.63, 3.8) is 0 Å². The van der Waals surface area contributed by atoms with E-state index in [1.165, 1.54) is 6.42 Å². The minimum absolute atomic E-state index is 0.0901. The third-order valence-electron chi connectivity index (χ3n) is 5.87. The first-order valence-corrected chi connectivity index (χ1v) is 10.9. The lowest BCUT2D eigenvalue weighted by Crippen LogP contribution is -2.44. The van der Waals surface area contributed by atoms with Gasteiger partial charge >= 0.3 is 0 Å². The SMILES string of the molecule is O=C(CN1C(c2ccc(Cl)cc2)=C[C@H](c2ccccc2)n2nnnc21)N1CCCCC1. The first-order chi connectivity index (χ1) is 15.2. The number of carbonyl (C=O) groups excluding carboxylic acids is 1. The number of hydrogen-bond donors (Lipinski definition) is 0. The first kappa shape index (κ1) is 19.8. The van der Waals surface area contributed by atoms with E-state index in [-0.39, 0.29) is 18.5 Å². The fourth-order valence-corrected chi connectivity index (χ4v) is 4.39. The van der Waals surface area contributed by atoms with E-state index in [9.17, 15) is 4.79 Å². The monoisotopic (exact) mass is 434 g/mol. The maximum absolute atomic E-state index is 13.1. The predicted octanol–water partition coefficient (Wildman–Crippen LogP) is 3.79. The molecule has 158 valence electrons. The summed E-state index contributed by atoms with van der Waals surface area (Å²) >= 11 is 6.13. The van der Waals surface area contributed by atoms with Crippen LogP contribution in [0.4, 0.5) is 5.95 Å². The van der Waals surface area contributed by atoms with E-state index in [0.29, 0.717) is 11.0 Å². The summed E-state index contributed by atoms with van der Waals surface area (Å²) in [6.45, 7) is 1.81. The Hall–Kier alpha value is -3.19. The summed E-state index contributed by atoms with van der Waals surface area (Å²) < 4.78 is 1.78. The minimum atomic E-state index is -0.168. The van der Waals surface area contributed by atoms with E-state index in [4.69, 9.17) is 11.6 Å². The highest BCUT2D eigenvalue weighted by Crippen LogP contribution is 2.36. The second-order valence-electron chi connectivity index (χ2n) is 7.87. The summed E-state index contributed by atoms with van der Waals surface area (Å²) in [7, 11) is 0. The number of nitrogens with zero attached hydrogens (tertiary/aromatic N) is 6. The number of aromatic nitrogens is 4. The molecule has 1 fully saturated rings. The summed E-state index contributed by atoms with van der Waals surface area (Å²) in [5, 5.41) is 13.1. The van der Waals surface area contributed by atoms with Gasteiger partial charge in [-0.25, -0.2) is 0 Å². The second-order valence-corrected chi connectivity index (χ2v) is 8.30. The molecule has 3 aromatic rings. The van der Waals surface area contributed by atoms with E-state index >= 15 is 0 Å². The van der Waals surface area contributed by atoms with Gasteiger partial charge < -0.3 is 4.90 Å². The number of carbonyl (C=O) groups is 1. The van der Waals surface area contributed by atoms with Crippen LogP contribution in [-0.2, 0) is 4.79 Å². The number of hydrogen-bond acceptors (Lipinski definition) is 5. The molecule has 1 aromatic heterocycles. The minimum Gasteiger partial charge on any atom is -0.341 e. The van der Waals surface area contributed by atoms with Gasteiger partial charge in [0.05, 0.1) is 5.70 Å². The van der Waals surface area contributed by atoms with Crippen LogP contribution in [0.25, 0.3) is 5.70 Å². The Labute approximate surface area is 185 Å². The van der Waals surface area contributed by atoms with Crippen LogP contribution in [0.15, 0.2) is 60.7 Å². The third kappa shape index (κ3) is 3.93. The maximum Gasteiger partial charge on any atom is 0.251 e. The Morgan fingerprint density at radius 2 is 1.74 bits per heavy atom. The molecule has 0 aliphatic carbocycles. The third-order valence-corrected chi connectivity index (χ3v) is 6.12. The van der Waals surface area contributed by atoms with Crippen molar-refractivity contribution in [2.24, 2.45) is 0 Å². The number of halogens is 1. The molecule has 2 aliphatic heterocycles. The van der Waals surface area contributed by atoms with Gasteiger partial charge in [0.2, 0.25) is 5.91 Å². The van der Waals surface area contributed by atoms with Crippen LogP contribution < -0.4 is 4.90 Å². The van der Waals surface area contributed by atoms with Crippen molar-refractivity contribution in [2.45, 2.75) is 25.3 Å². The lowest BCUT2D eigenvalue weighted by molar-refractivity contribution is -0.130. The number of allylic oxidation sites excluding steroid dienone is 1. The van der Waals surface area contributed by atoms with Gasteiger partial charge in [-0.1, -0.05) is 59.2 Å². The number of piperidine rings is 1. The van der Waals surface area contributed by atoms with E-state index in [1.54, 1.807) is 4.68 Å². The van der Waals surface area contributed by atoms with E-state index in [0.717, 1.165) is 42.8 Å². The Morgan fingerprint density at radius 1 is 1.00 bits per heavy atom. The van der Waals surface area contributed by atoms with Crippen molar-refractivity contribution in [1.29, 1.82) is 0 Å². The highest BCUT2D eigenvalue weighted by molar-refractivity contribution is 6.30. The molecule has 8 heteroatoms. The Balaban J connectivity index is 1.56. The molecule has 0 bridgehead atoms. The zero-order valence-electron chi connectivity index (χ0n) is 17.1. The molecule has 7 nitrogen and oxygen atoms in total. The molecule has 0 radical (unpaired) electrons. The van der Waals surface area contributed by atoms with Crippen LogP contribution >= 0.6 is 11.6 Å². The lowest BCUT2D eigenvalue weighted by atomic mass is 10.0. The van der Waals surface area contributed by atoms with Crippen molar-refractivity contribution >= 4 is 29.2 Å². The molecule has 5 rings (SSSR count). The van der Waals surface area contributed by atoms with E-state index < -0.39 is 0 Å². The topological polar surface area (TPSA) is 67.2 Å². The normalized spacial score (nSPS) is 18.5. The number of likely N-dealkylation sites (tertiary alicyclic amines) is 1. The Morgan fingerprint density at radius 3 is 2.48 bits per heavy atom. The molecule has 1 saturated heterocycles. The summed E-state index contributed by atoms with van der Waals surface area (Å²) in [6, 6.07) is 17.6. The smallest absolute Gasteiger partial charge is 0.251 e. The average Bonchev–Trinajstić information content (AvgIpc) is 3.31. The van der Waals surface area contributed by atoms with Gasteiger partial charge in [-0.05, 0) is 59.0 Å². The number of benzene rings is 2. The van der Waals surface area contributed by atoms with Crippen LogP contribution in [0.1, 0.15) is 36.4 Å². The van der Waals surface area contributed by atoms with Gasteiger partial charge in [0.1, 0.15) is 12.6 Å².